The van der Waals surface area contributed by atoms with E-state index in [0.717, 1.165) is 28.2 Å². The van der Waals surface area contributed by atoms with Gasteiger partial charge in [-0.2, -0.15) is 0 Å². The predicted octanol–water partition coefficient (Wildman–Crippen LogP) is 2.88. The molecular weight excluding hydrogens is 392 g/mol. The number of rotatable bonds is 7. The van der Waals surface area contributed by atoms with Gasteiger partial charge >= 0.3 is 0 Å². The van der Waals surface area contributed by atoms with Crippen LogP contribution >= 0.6 is 0 Å². The van der Waals surface area contributed by atoms with Gasteiger partial charge in [-0.25, -0.2) is 13.3 Å². The molecule has 0 fully saturated rings. The third kappa shape index (κ3) is 4.84. The molecule has 0 spiro atoms. The summed E-state index contributed by atoms with van der Waals surface area (Å²) < 4.78 is 23.6. The summed E-state index contributed by atoms with van der Waals surface area (Å²) in [5.74, 6) is -0.0600. The lowest BCUT2D eigenvalue weighted by Gasteiger charge is -2.14. The summed E-state index contributed by atoms with van der Waals surface area (Å²) >= 11 is 0. The molecule has 0 aromatic heterocycles. The summed E-state index contributed by atoms with van der Waals surface area (Å²) in [6, 6.07) is 15.8. The highest BCUT2D eigenvalue weighted by molar-refractivity contribution is 7.90. The molecular formula is C21H24N2O5S. The molecule has 0 bridgehead atoms. The second-order valence-corrected chi connectivity index (χ2v) is 8.87. The van der Waals surface area contributed by atoms with Crippen molar-refractivity contribution < 1.29 is 23.3 Å². The van der Waals surface area contributed by atoms with Gasteiger partial charge in [0.1, 0.15) is 11.8 Å². The van der Waals surface area contributed by atoms with Crippen LogP contribution in [0.4, 0.5) is 0 Å². The Morgan fingerprint density at radius 1 is 1.10 bits per heavy atom. The summed E-state index contributed by atoms with van der Waals surface area (Å²) in [6.45, 7) is 0. The van der Waals surface area contributed by atoms with Crippen molar-refractivity contribution in [3.8, 4) is 0 Å². The highest BCUT2D eigenvalue weighted by atomic mass is 32.2. The Kier molecular flexibility index (Phi) is 6.36. The number of amides is 1. The number of carbonyl (C=O) groups is 1. The molecule has 0 radical (unpaired) electrons. The highest BCUT2D eigenvalue weighted by Gasteiger charge is 2.34. The van der Waals surface area contributed by atoms with Crippen LogP contribution in [0, 0.1) is 0 Å². The zero-order valence-corrected chi connectivity index (χ0v) is 17.1. The van der Waals surface area contributed by atoms with Gasteiger partial charge in [0.25, 0.3) is 0 Å². The highest BCUT2D eigenvalue weighted by Crippen LogP contribution is 2.40. The average Bonchev–Trinajstić information content (AvgIpc) is 3.04. The summed E-state index contributed by atoms with van der Waals surface area (Å²) in [5, 5.41) is 13.8. The maximum Gasteiger partial charge on any atom is 0.219 e. The average molecular weight is 416 g/mol. The van der Waals surface area contributed by atoms with Gasteiger partial charge < -0.3 is 5.32 Å². The molecule has 3 rings (SSSR count). The molecule has 1 heterocycles. The topological polar surface area (TPSA) is 95.9 Å². The van der Waals surface area contributed by atoms with Gasteiger partial charge in [-0.1, -0.05) is 42.5 Å². The molecule has 29 heavy (non-hydrogen) atoms. The Morgan fingerprint density at radius 3 is 2.34 bits per heavy atom. The summed E-state index contributed by atoms with van der Waals surface area (Å²) in [7, 11) is -1.72. The third-order valence-electron chi connectivity index (χ3n) is 4.79. The maximum absolute atomic E-state index is 11.8. The lowest BCUT2D eigenvalue weighted by molar-refractivity contribution is -0.297. The zero-order valence-electron chi connectivity index (χ0n) is 16.3. The van der Waals surface area contributed by atoms with E-state index >= 15 is 0 Å². The van der Waals surface area contributed by atoms with E-state index in [1.807, 2.05) is 30.3 Å². The van der Waals surface area contributed by atoms with Crippen molar-refractivity contribution in [3.05, 3.63) is 65.7 Å². The molecule has 2 aromatic rings. The molecule has 1 amide bonds. The molecule has 8 heteroatoms. The Bertz CT molecular complexity index is 1000. The molecule has 0 saturated carbocycles. The SMILES string of the molecule is CNC(=O)CCCC1ON(O)C(c2ccccc2)=C1c1ccc(S(C)(=O)=O)cc1. The number of benzene rings is 2. The van der Waals surface area contributed by atoms with E-state index < -0.39 is 15.9 Å². The maximum atomic E-state index is 11.8. The Labute approximate surface area is 170 Å². The molecule has 7 nitrogen and oxygen atoms in total. The van der Waals surface area contributed by atoms with E-state index in [1.54, 1.807) is 31.3 Å². The second kappa shape index (κ2) is 8.77. The van der Waals surface area contributed by atoms with Gasteiger partial charge in [0, 0.05) is 30.9 Å². The minimum Gasteiger partial charge on any atom is -0.359 e. The van der Waals surface area contributed by atoms with Gasteiger partial charge in [0.2, 0.25) is 5.91 Å². The van der Waals surface area contributed by atoms with Gasteiger partial charge in [-0.15, -0.1) is 5.23 Å². The first-order valence-electron chi connectivity index (χ1n) is 9.27. The largest absolute Gasteiger partial charge is 0.359 e. The number of hydrogen-bond acceptors (Lipinski definition) is 6. The second-order valence-electron chi connectivity index (χ2n) is 6.86. The van der Waals surface area contributed by atoms with E-state index in [0.29, 0.717) is 25.0 Å². The first-order chi connectivity index (χ1) is 13.8. The van der Waals surface area contributed by atoms with E-state index in [1.165, 1.54) is 0 Å². The molecule has 1 atom stereocenters. The standard InChI is InChI=1S/C21H24N2O5S/c1-22-19(24)10-6-9-18-20(15-11-13-17(14-12-15)29(2,26)27)21(23(25)28-18)16-7-4-3-5-8-16/h3-5,7-8,11-14,18,25H,6,9-10H2,1-2H3,(H,22,24). The van der Waals surface area contributed by atoms with Crippen molar-refractivity contribution in [2.24, 2.45) is 0 Å². The fourth-order valence-corrected chi connectivity index (χ4v) is 3.95. The van der Waals surface area contributed by atoms with E-state index in [4.69, 9.17) is 4.84 Å². The van der Waals surface area contributed by atoms with Gasteiger partial charge in [0.05, 0.1) is 4.90 Å². The quantitative estimate of drug-likeness (QED) is 0.721. The lowest BCUT2D eigenvalue weighted by Crippen LogP contribution is -2.20. The number of sulfone groups is 1. The number of carbonyl (C=O) groups excluding carboxylic acids is 1. The van der Waals surface area contributed by atoms with Crippen molar-refractivity contribution in [1.82, 2.24) is 10.5 Å². The smallest absolute Gasteiger partial charge is 0.219 e. The molecule has 0 saturated heterocycles. The Balaban J connectivity index is 2.00. The number of hydrogen-bond donors (Lipinski definition) is 2. The fraction of sp³-hybridized carbons (Fsp3) is 0.286. The minimum absolute atomic E-state index is 0.0600. The summed E-state index contributed by atoms with van der Waals surface area (Å²) in [4.78, 5) is 17.4. The zero-order chi connectivity index (χ0) is 21.0. The molecule has 1 aliphatic heterocycles. The number of nitrogens with zero attached hydrogens (tertiary/aromatic N) is 1. The van der Waals surface area contributed by atoms with Crippen LogP contribution in [-0.2, 0) is 19.5 Å². The van der Waals surface area contributed by atoms with E-state index in [2.05, 4.69) is 5.32 Å². The lowest BCUT2D eigenvalue weighted by atomic mass is 9.93. The van der Waals surface area contributed by atoms with E-state index in [-0.39, 0.29) is 10.8 Å². The first-order valence-corrected chi connectivity index (χ1v) is 11.2. The summed E-state index contributed by atoms with van der Waals surface area (Å²) in [6.07, 6.45) is 2.13. The van der Waals surface area contributed by atoms with Crippen molar-refractivity contribution in [2.75, 3.05) is 13.3 Å². The fourth-order valence-electron chi connectivity index (χ4n) is 3.32. The van der Waals surface area contributed by atoms with Crippen LogP contribution in [-0.4, -0.2) is 44.2 Å². The molecule has 2 aromatic carbocycles. The molecule has 154 valence electrons. The molecule has 1 unspecified atom stereocenters. The first kappa shape index (κ1) is 21.0. The predicted molar refractivity (Wildman–Crippen MR) is 109 cm³/mol. The normalized spacial score (nSPS) is 16.9. The molecule has 1 aliphatic rings. The van der Waals surface area contributed by atoms with Crippen LogP contribution in [0.15, 0.2) is 59.5 Å². The van der Waals surface area contributed by atoms with Crippen molar-refractivity contribution >= 4 is 27.0 Å². The number of hydroxylamine groups is 2. The van der Waals surface area contributed by atoms with Gasteiger partial charge in [-0.3, -0.25) is 10.0 Å². The minimum atomic E-state index is -3.31. The third-order valence-corrected chi connectivity index (χ3v) is 5.91. The van der Waals surface area contributed by atoms with Crippen LogP contribution in [0.25, 0.3) is 11.3 Å². The van der Waals surface area contributed by atoms with Gasteiger partial charge in [-0.05, 0) is 30.5 Å². The van der Waals surface area contributed by atoms with Crippen LogP contribution in [0.1, 0.15) is 30.4 Å². The van der Waals surface area contributed by atoms with E-state index in [9.17, 15) is 18.4 Å². The Hall–Kier alpha value is -2.68. The molecule has 2 N–H and O–H groups in total. The van der Waals surface area contributed by atoms with Crippen molar-refractivity contribution in [2.45, 2.75) is 30.3 Å². The van der Waals surface area contributed by atoms with Crippen LogP contribution in [0.3, 0.4) is 0 Å². The monoisotopic (exact) mass is 416 g/mol. The van der Waals surface area contributed by atoms with Crippen molar-refractivity contribution in [1.29, 1.82) is 0 Å². The molecule has 0 aliphatic carbocycles. The van der Waals surface area contributed by atoms with Crippen molar-refractivity contribution in [3.63, 3.8) is 0 Å². The Morgan fingerprint density at radius 2 is 1.76 bits per heavy atom. The van der Waals surface area contributed by atoms with Crippen LogP contribution < -0.4 is 5.32 Å². The van der Waals surface area contributed by atoms with Gasteiger partial charge in [0.15, 0.2) is 9.84 Å². The van der Waals surface area contributed by atoms with Crippen LogP contribution in [0.2, 0.25) is 0 Å². The summed E-state index contributed by atoms with van der Waals surface area (Å²) in [5.41, 5.74) is 2.77. The van der Waals surface area contributed by atoms with Crippen LogP contribution in [0.5, 0.6) is 0 Å². The number of nitrogens with one attached hydrogen (secondary N) is 1.